The number of benzene rings is 1. The number of imidazole rings is 1. The number of hydrogen-bond donors (Lipinski definition) is 28. The average Bonchev–Trinajstić information content (AvgIpc) is 1.12. The van der Waals surface area contributed by atoms with E-state index in [0.29, 0.717) is 11.3 Å². The van der Waals surface area contributed by atoms with Crippen molar-refractivity contribution in [2.24, 2.45) is 35.0 Å². The standard InChI is InChI=1S/C77H117N21O31S/c1-9-36(6)61(75(126)94-43(19-34(2)3)67(118)92-49(27-60(112)113)71(122)91-45(23-53(79)102)69(120)95-50(77(128)129)20-35(4)5)97-76(127)62(37(7)101)98-72(123)46(24-54(80)103)90-66(117)42(17-18-130-8)88-65(116)41(15-16-57(106)107)87-70(121)48(26-59(110)111)93-74(125)52(32-100)96-68(119)44(21-38-13-11-10-12-14-38)89-73(124)51(31-99)86-56(105)30-83-64(115)47(25-58(108)109)85-55(104)29-82-63(114)40(78)22-39-28-81-33-84-39/h10-14,28,33-37,40-52,61-62,99-101H,9,15-27,29-32,78H2,1-8H3,(H2,79,102)(H2,80,103)(H,81,84)(H,82,114)(H,83,115)(H,85,104)(H,86,105)(H,87,121)(H,88,116)(H,89,124)(H,90,117)(H,91,122)(H,92,118)(H,93,125)(H,94,126)(H,95,120)(H,96,119)(H,97,127)(H,98,123)(H,106,107)(H,108,109)(H,110,111)(H,112,113)(H,128,129)/t36-,37+,40-,41-,42-,43-,44-,45-,46-,47-,48-,49-,50-,51-,52-,61-,62-/m0/s1. The molecule has 1 heterocycles. The molecule has 31 N–H and O–H groups in total. The number of nitrogens with one attached hydrogen (secondary N) is 17. The van der Waals surface area contributed by atoms with Crippen molar-refractivity contribution in [1.82, 2.24) is 95.0 Å². The number of carbonyl (C=O) groups excluding carboxylic acids is 18. The van der Waals surface area contributed by atoms with Crippen LogP contribution < -0.4 is 102 Å². The number of aromatic nitrogens is 2. The third-order valence-corrected chi connectivity index (χ3v) is 19.5. The van der Waals surface area contributed by atoms with E-state index >= 15 is 0 Å². The Hall–Kier alpha value is -13.6. The molecule has 0 saturated heterocycles. The lowest BCUT2D eigenvalue weighted by Crippen LogP contribution is -2.63. The van der Waals surface area contributed by atoms with E-state index in [2.05, 4.69) is 89.7 Å². The van der Waals surface area contributed by atoms with Crippen molar-refractivity contribution in [3.05, 3.63) is 54.1 Å². The number of thioether (sulfide) groups is 1. The lowest BCUT2D eigenvalue weighted by Gasteiger charge is -2.30. The molecule has 0 aliphatic carbocycles. The largest absolute Gasteiger partial charge is 0.481 e. The molecule has 0 radical (unpaired) electrons. The van der Waals surface area contributed by atoms with Gasteiger partial charge in [0.25, 0.3) is 0 Å². The first-order valence-electron chi connectivity index (χ1n) is 40.6. The second-order valence-electron chi connectivity index (χ2n) is 30.8. The first kappa shape index (κ1) is 112. The van der Waals surface area contributed by atoms with E-state index in [9.17, 15) is 151 Å². The van der Waals surface area contributed by atoms with Crippen LogP contribution in [0.4, 0.5) is 0 Å². The van der Waals surface area contributed by atoms with Crippen LogP contribution >= 0.6 is 11.8 Å². The summed E-state index contributed by atoms with van der Waals surface area (Å²) in [5.41, 5.74) is 17.4. The van der Waals surface area contributed by atoms with Gasteiger partial charge in [0.1, 0.15) is 84.6 Å². The van der Waals surface area contributed by atoms with Crippen molar-refractivity contribution >= 4 is 148 Å². The zero-order valence-corrected chi connectivity index (χ0v) is 73.1. The van der Waals surface area contributed by atoms with Crippen molar-refractivity contribution in [1.29, 1.82) is 0 Å². The van der Waals surface area contributed by atoms with Crippen LogP contribution in [0.2, 0.25) is 0 Å². The number of nitrogens with two attached hydrogens (primary N) is 3. The number of primary amides is 2. The Bertz CT molecular complexity index is 4300. The summed E-state index contributed by atoms with van der Waals surface area (Å²) in [6.07, 6.45) is -6.03. The molecule has 18 amide bonds. The number of carboxylic acid groups (broad SMARTS) is 5. The minimum atomic E-state index is -2.29. The van der Waals surface area contributed by atoms with Gasteiger partial charge in [-0.3, -0.25) is 105 Å². The van der Waals surface area contributed by atoms with E-state index in [4.69, 9.17) is 17.2 Å². The number of aliphatic carboxylic acids is 5. The van der Waals surface area contributed by atoms with Crippen LogP contribution in [0, 0.1) is 17.8 Å². The van der Waals surface area contributed by atoms with Crippen molar-refractivity contribution in [2.45, 2.75) is 229 Å². The summed E-state index contributed by atoms with van der Waals surface area (Å²) < 4.78 is 0. The SMILES string of the molecule is CC[C@H](C)[C@H](NC(=O)[C@@H](NC(=O)[C@H](CC(N)=O)NC(=O)[C@H](CCSC)NC(=O)[C@H](CCC(=O)O)NC(=O)[C@H](CC(=O)O)NC(=O)[C@H](CO)NC(=O)[C@H](Cc1ccccc1)NC(=O)[C@H](CO)NC(=O)CNC(=O)[C@H](CC(=O)O)NC(=O)CNC(=O)[C@@H](N)Cc1c[nH]cn1)[C@@H](C)O)C(=O)N[C@@H](CC(C)C)C(=O)N[C@@H](CC(=O)O)C(=O)N[C@@H](CC(N)=O)C(=O)N[C@@H](CC(C)C)C(=O)O. The van der Waals surface area contributed by atoms with E-state index in [1.165, 1.54) is 43.7 Å². The molecule has 1 aromatic heterocycles. The fourth-order valence-corrected chi connectivity index (χ4v) is 12.4. The fourth-order valence-electron chi connectivity index (χ4n) is 12.0. The predicted molar refractivity (Wildman–Crippen MR) is 450 cm³/mol. The van der Waals surface area contributed by atoms with Gasteiger partial charge in [-0.15, -0.1) is 0 Å². The Morgan fingerprint density at radius 1 is 0.408 bits per heavy atom. The number of aliphatic hydroxyl groups is 3. The maximum absolute atomic E-state index is 14.4. The number of aromatic amines is 1. The Balaban J connectivity index is 2.43. The third kappa shape index (κ3) is 42.4. The smallest absolute Gasteiger partial charge is 0.326 e. The van der Waals surface area contributed by atoms with Crippen LogP contribution in [-0.4, -0.2) is 322 Å². The summed E-state index contributed by atoms with van der Waals surface area (Å²) in [5, 5.41) is 115. The molecule has 17 atom stereocenters. The van der Waals surface area contributed by atoms with E-state index in [0.717, 1.165) is 18.7 Å². The number of aliphatic hydroxyl groups excluding tert-OH is 3. The number of amides is 18. The predicted octanol–water partition coefficient (Wildman–Crippen LogP) is -11.1. The molecular weight excluding hydrogens is 1750 g/mol. The van der Waals surface area contributed by atoms with E-state index < -0.39 is 322 Å². The van der Waals surface area contributed by atoms with Gasteiger partial charge in [0.05, 0.1) is 82.6 Å². The van der Waals surface area contributed by atoms with Crippen LogP contribution in [0.15, 0.2) is 42.9 Å². The number of carbonyl (C=O) groups is 23. The molecule has 130 heavy (non-hydrogen) atoms. The highest BCUT2D eigenvalue weighted by molar-refractivity contribution is 7.98. The average molecular weight is 1860 g/mol. The van der Waals surface area contributed by atoms with Crippen molar-refractivity contribution in [3.63, 3.8) is 0 Å². The number of hydrogen-bond acceptors (Lipinski definition) is 29. The molecule has 0 aliphatic heterocycles. The number of carboxylic acids is 5. The van der Waals surface area contributed by atoms with Gasteiger partial charge in [-0.25, -0.2) is 9.78 Å². The maximum Gasteiger partial charge on any atom is 0.326 e. The third-order valence-electron chi connectivity index (χ3n) is 18.9. The number of rotatable bonds is 62. The Labute approximate surface area is 747 Å². The molecule has 0 saturated carbocycles. The van der Waals surface area contributed by atoms with Crippen LogP contribution in [0.25, 0.3) is 0 Å². The molecule has 0 bridgehead atoms. The van der Waals surface area contributed by atoms with Crippen molar-refractivity contribution in [3.8, 4) is 0 Å². The van der Waals surface area contributed by atoms with Crippen LogP contribution in [-0.2, 0) is 123 Å². The number of nitrogens with zero attached hydrogens (tertiary/aromatic N) is 1. The van der Waals surface area contributed by atoms with Gasteiger partial charge in [0.15, 0.2) is 0 Å². The summed E-state index contributed by atoms with van der Waals surface area (Å²) in [5.74, 6) is -32.6. The molecule has 53 heteroatoms. The van der Waals surface area contributed by atoms with Gasteiger partial charge in [0, 0.05) is 25.5 Å². The Morgan fingerprint density at radius 2 is 0.769 bits per heavy atom. The molecule has 2 rings (SSSR count). The molecular formula is C77H117N21O31S. The summed E-state index contributed by atoms with van der Waals surface area (Å²) in [4.78, 5) is 312. The van der Waals surface area contributed by atoms with Gasteiger partial charge < -0.3 is 148 Å². The minimum Gasteiger partial charge on any atom is -0.481 e. The summed E-state index contributed by atoms with van der Waals surface area (Å²) in [7, 11) is 0. The van der Waals surface area contributed by atoms with Crippen molar-refractivity contribution in [2.75, 3.05) is 38.3 Å². The lowest BCUT2D eigenvalue weighted by atomic mass is 9.96. The Kier molecular flexibility index (Phi) is 49.6. The summed E-state index contributed by atoms with van der Waals surface area (Å²) in [6, 6.07) is -20.6. The van der Waals surface area contributed by atoms with Gasteiger partial charge in [-0.1, -0.05) is 78.3 Å². The topological polar surface area (TPSA) is 854 Å². The maximum atomic E-state index is 14.4. The molecule has 722 valence electrons. The monoisotopic (exact) mass is 1860 g/mol. The first-order chi connectivity index (χ1) is 60.9. The molecule has 1 aromatic carbocycles. The highest BCUT2D eigenvalue weighted by Crippen LogP contribution is 2.16. The number of H-pyrrole nitrogens is 1. The molecule has 52 nitrogen and oxygen atoms in total. The molecule has 0 spiro atoms. The van der Waals surface area contributed by atoms with Gasteiger partial charge >= 0.3 is 29.8 Å². The molecule has 0 aliphatic rings. The highest BCUT2D eigenvalue weighted by atomic mass is 32.2. The van der Waals surface area contributed by atoms with Gasteiger partial charge in [-0.2, -0.15) is 11.8 Å². The van der Waals surface area contributed by atoms with E-state index in [1.54, 1.807) is 46.9 Å². The van der Waals surface area contributed by atoms with Gasteiger partial charge in [-0.05, 0) is 67.9 Å². The zero-order chi connectivity index (χ0) is 98.5. The summed E-state index contributed by atoms with van der Waals surface area (Å²) in [6.45, 7) is 6.12. The Morgan fingerprint density at radius 3 is 1.19 bits per heavy atom. The minimum absolute atomic E-state index is 0.0135. The second-order valence-corrected chi connectivity index (χ2v) is 31.7. The van der Waals surface area contributed by atoms with Crippen LogP contribution in [0.1, 0.15) is 130 Å². The normalized spacial score (nSPS) is 15.0. The molecule has 0 fully saturated rings. The first-order valence-corrected chi connectivity index (χ1v) is 41.9. The zero-order valence-electron chi connectivity index (χ0n) is 72.3. The fraction of sp³-hybridized carbons (Fsp3) is 0.584. The highest BCUT2D eigenvalue weighted by Gasteiger charge is 2.41. The van der Waals surface area contributed by atoms with Crippen LogP contribution in [0.3, 0.4) is 0 Å². The lowest BCUT2D eigenvalue weighted by molar-refractivity contribution is -0.144. The van der Waals surface area contributed by atoms with E-state index in [-0.39, 0.29) is 43.8 Å². The summed E-state index contributed by atoms with van der Waals surface area (Å²) >= 11 is 1.08. The molecule has 0 unspecified atom stereocenters. The van der Waals surface area contributed by atoms with Gasteiger partial charge in [0.2, 0.25) is 106 Å². The molecule has 2 aromatic rings. The second kappa shape index (κ2) is 57.3. The van der Waals surface area contributed by atoms with Crippen LogP contribution in [0.5, 0.6) is 0 Å². The van der Waals surface area contributed by atoms with Crippen molar-refractivity contribution < 1.29 is 151 Å². The van der Waals surface area contributed by atoms with E-state index in [1.807, 2.05) is 5.32 Å². The quantitative estimate of drug-likeness (QED) is 0.0292.